The van der Waals surface area contributed by atoms with Crippen LogP contribution in [0.4, 0.5) is 0 Å². The van der Waals surface area contributed by atoms with E-state index in [1.807, 2.05) is 24.3 Å². The third-order valence-corrected chi connectivity index (χ3v) is 5.53. The maximum absolute atomic E-state index is 11.5. The Balaban J connectivity index is 1.73. The lowest BCUT2D eigenvalue weighted by Gasteiger charge is -2.17. The molecule has 2 aliphatic rings. The minimum Gasteiger partial charge on any atom is -0.490 e. The van der Waals surface area contributed by atoms with Crippen molar-refractivity contribution in [2.45, 2.75) is 31.5 Å². The Morgan fingerprint density at radius 2 is 2.05 bits per heavy atom. The molecule has 1 N–H and O–H groups in total. The van der Waals surface area contributed by atoms with Gasteiger partial charge in [-0.05, 0) is 37.0 Å². The number of benzene rings is 1. The Morgan fingerprint density at radius 1 is 1.26 bits per heavy atom. The van der Waals surface area contributed by atoms with Crippen molar-refractivity contribution >= 4 is 9.84 Å². The molecule has 2 unspecified atom stereocenters. The summed E-state index contributed by atoms with van der Waals surface area (Å²) in [6, 6.07) is 7.38. The van der Waals surface area contributed by atoms with Crippen molar-refractivity contribution in [3.05, 3.63) is 29.8 Å². The Kier molecular flexibility index (Phi) is 3.27. The molecule has 1 aliphatic carbocycles. The van der Waals surface area contributed by atoms with E-state index in [0.29, 0.717) is 12.5 Å². The number of hydrogen-bond acceptors (Lipinski definition) is 4. The Morgan fingerprint density at radius 3 is 2.68 bits per heavy atom. The lowest BCUT2D eigenvalue weighted by molar-refractivity contribution is 0.120. The highest BCUT2D eigenvalue weighted by Gasteiger charge is 2.33. The van der Waals surface area contributed by atoms with Gasteiger partial charge < -0.3 is 9.84 Å². The standard InChI is InChI=1S/C14H18O4S/c15-14(11-6-7-19(16,17)9-11)10-2-1-3-13(8-10)18-12-4-5-12/h1-3,8,11-12,14-15H,4-7,9H2. The van der Waals surface area contributed by atoms with Crippen molar-refractivity contribution in [1.82, 2.24) is 0 Å². The third-order valence-electron chi connectivity index (χ3n) is 3.74. The summed E-state index contributed by atoms with van der Waals surface area (Å²) in [5.74, 6) is 0.843. The second-order valence-corrected chi connectivity index (χ2v) is 7.73. The number of aliphatic hydroxyl groups excluding tert-OH is 1. The summed E-state index contributed by atoms with van der Waals surface area (Å²) in [7, 11) is -2.96. The van der Waals surface area contributed by atoms with Crippen molar-refractivity contribution in [2.24, 2.45) is 5.92 Å². The zero-order valence-electron chi connectivity index (χ0n) is 10.7. The number of ether oxygens (including phenoxy) is 1. The number of aliphatic hydroxyl groups is 1. The molecule has 1 aromatic carbocycles. The highest BCUT2D eigenvalue weighted by molar-refractivity contribution is 7.91. The Bertz CT molecular complexity index is 563. The van der Waals surface area contributed by atoms with Gasteiger partial charge in [0.05, 0.1) is 23.7 Å². The monoisotopic (exact) mass is 282 g/mol. The molecule has 0 amide bonds. The molecule has 0 bridgehead atoms. The van der Waals surface area contributed by atoms with Crippen LogP contribution in [0.5, 0.6) is 5.75 Å². The molecule has 1 saturated carbocycles. The summed E-state index contributed by atoms with van der Waals surface area (Å²) in [5, 5.41) is 10.3. The van der Waals surface area contributed by atoms with Gasteiger partial charge in [-0.1, -0.05) is 12.1 Å². The van der Waals surface area contributed by atoms with Gasteiger partial charge in [0.1, 0.15) is 5.75 Å². The van der Waals surface area contributed by atoms with Gasteiger partial charge in [-0.2, -0.15) is 0 Å². The van der Waals surface area contributed by atoms with Crippen LogP contribution in [-0.4, -0.2) is 31.1 Å². The van der Waals surface area contributed by atoms with Crippen LogP contribution in [0.2, 0.25) is 0 Å². The van der Waals surface area contributed by atoms with E-state index >= 15 is 0 Å². The first-order valence-electron chi connectivity index (χ1n) is 6.69. The molecule has 104 valence electrons. The van der Waals surface area contributed by atoms with Gasteiger partial charge in [0.15, 0.2) is 9.84 Å². The SMILES string of the molecule is O=S1(=O)CCC(C(O)c2cccc(OC3CC3)c2)C1. The van der Waals surface area contributed by atoms with Gasteiger partial charge in [0.25, 0.3) is 0 Å². The van der Waals surface area contributed by atoms with E-state index in [1.54, 1.807) is 0 Å². The Labute approximate surface area is 113 Å². The largest absolute Gasteiger partial charge is 0.490 e. The zero-order valence-corrected chi connectivity index (χ0v) is 11.5. The lowest BCUT2D eigenvalue weighted by Crippen LogP contribution is -2.14. The van der Waals surface area contributed by atoms with Crippen LogP contribution in [0.15, 0.2) is 24.3 Å². The highest BCUT2D eigenvalue weighted by Crippen LogP contribution is 2.34. The quantitative estimate of drug-likeness (QED) is 0.913. The van der Waals surface area contributed by atoms with Gasteiger partial charge >= 0.3 is 0 Å². The Hall–Kier alpha value is -1.07. The molecule has 1 heterocycles. The van der Waals surface area contributed by atoms with Crippen molar-refractivity contribution in [3.63, 3.8) is 0 Å². The van der Waals surface area contributed by atoms with Gasteiger partial charge in [-0.15, -0.1) is 0 Å². The van der Waals surface area contributed by atoms with Crippen LogP contribution >= 0.6 is 0 Å². The molecule has 3 rings (SSSR count). The van der Waals surface area contributed by atoms with E-state index in [2.05, 4.69) is 0 Å². The minimum absolute atomic E-state index is 0.0852. The average Bonchev–Trinajstić information content (AvgIpc) is 3.11. The molecule has 2 atom stereocenters. The van der Waals surface area contributed by atoms with Crippen molar-refractivity contribution in [1.29, 1.82) is 0 Å². The van der Waals surface area contributed by atoms with E-state index < -0.39 is 15.9 Å². The number of hydrogen-bond donors (Lipinski definition) is 1. The normalized spacial score (nSPS) is 27.1. The molecule has 5 heteroatoms. The molecule has 4 nitrogen and oxygen atoms in total. The minimum atomic E-state index is -2.96. The predicted molar refractivity (Wildman–Crippen MR) is 71.8 cm³/mol. The first kappa shape index (κ1) is 12.9. The van der Waals surface area contributed by atoms with Crippen LogP contribution in [0.1, 0.15) is 30.9 Å². The molecule has 1 aromatic rings. The van der Waals surface area contributed by atoms with E-state index in [9.17, 15) is 13.5 Å². The van der Waals surface area contributed by atoms with Crippen LogP contribution in [0, 0.1) is 5.92 Å². The van der Waals surface area contributed by atoms with E-state index in [1.165, 1.54) is 0 Å². The smallest absolute Gasteiger partial charge is 0.150 e. The van der Waals surface area contributed by atoms with Crippen LogP contribution in [0.25, 0.3) is 0 Å². The van der Waals surface area contributed by atoms with Crippen molar-refractivity contribution in [3.8, 4) is 5.75 Å². The number of sulfone groups is 1. The molecular formula is C14H18O4S. The fourth-order valence-electron chi connectivity index (χ4n) is 2.50. The van der Waals surface area contributed by atoms with Crippen LogP contribution in [-0.2, 0) is 9.84 Å². The van der Waals surface area contributed by atoms with Crippen molar-refractivity contribution < 1.29 is 18.3 Å². The summed E-state index contributed by atoms with van der Waals surface area (Å²) in [4.78, 5) is 0. The average molecular weight is 282 g/mol. The zero-order chi connectivity index (χ0) is 13.5. The first-order valence-corrected chi connectivity index (χ1v) is 8.51. The maximum atomic E-state index is 11.5. The fourth-order valence-corrected chi connectivity index (χ4v) is 4.32. The summed E-state index contributed by atoms with van der Waals surface area (Å²) >= 11 is 0. The maximum Gasteiger partial charge on any atom is 0.150 e. The third kappa shape index (κ3) is 3.09. The van der Waals surface area contributed by atoms with Crippen LogP contribution in [0.3, 0.4) is 0 Å². The summed E-state index contributed by atoms with van der Waals surface area (Å²) in [6.45, 7) is 0. The number of rotatable bonds is 4. The molecule has 0 spiro atoms. The molecule has 0 radical (unpaired) electrons. The van der Waals surface area contributed by atoms with Gasteiger partial charge in [0.2, 0.25) is 0 Å². The lowest BCUT2D eigenvalue weighted by atomic mass is 9.95. The second-order valence-electron chi connectivity index (χ2n) is 5.50. The van der Waals surface area contributed by atoms with Crippen molar-refractivity contribution in [2.75, 3.05) is 11.5 Å². The predicted octanol–water partition coefficient (Wildman–Crippen LogP) is 1.70. The first-order chi connectivity index (χ1) is 9.03. The molecule has 2 fully saturated rings. The summed E-state index contributed by atoms with van der Waals surface area (Å²) in [5.41, 5.74) is 0.750. The fraction of sp³-hybridized carbons (Fsp3) is 0.571. The van der Waals surface area contributed by atoms with Gasteiger partial charge in [-0.3, -0.25) is 0 Å². The van der Waals surface area contributed by atoms with Gasteiger partial charge in [0, 0.05) is 5.92 Å². The van der Waals surface area contributed by atoms with E-state index in [0.717, 1.165) is 24.2 Å². The topological polar surface area (TPSA) is 63.6 Å². The molecule has 1 saturated heterocycles. The van der Waals surface area contributed by atoms with Crippen LogP contribution < -0.4 is 4.74 Å². The second kappa shape index (κ2) is 4.80. The molecule has 0 aromatic heterocycles. The van der Waals surface area contributed by atoms with E-state index in [-0.39, 0.29) is 17.4 Å². The molecule has 19 heavy (non-hydrogen) atoms. The van der Waals surface area contributed by atoms with E-state index in [4.69, 9.17) is 4.74 Å². The molecular weight excluding hydrogens is 264 g/mol. The summed E-state index contributed by atoms with van der Waals surface area (Å²) in [6.07, 6.45) is 2.32. The molecule has 1 aliphatic heterocycles. The summed E-state index contributed by atoms with van der Waals surface area (Å²) < 4.78 is 28.6. The van der Waals surface area contributed by atoms with Gasteiger partial charge in [-0.25, -0.2) is 8.42 Å². The highest BCUT2D eigenvalue weighted by atomic mass is 32.2.